The van der Waals surface area contributed by atoms with Gasteiger partial charge < -0.3 is 10.4 Å². The first-order valence-electron chi connectivity index (χ1n) is 10.3. The van der Waals surface area contributed by atoms with Crippen molar-refractivity contribution in [3.05, 3.63) is 67.3 Å². The van der Waals surface area contributed by atoms with Gasteiger partial charge in [0.2, 0.25) is 5.91 Å². The highest BCUT2D eigenvalue weighted by atomic mass is 16.4. The Kier molecular flexibility index (Phi) is 5.23. The van der Waals surface area contributed by atoms with Crippen LogP contribution in [-0.2, 0) is 4.79 Å². The van der Waals surface area contributed by atoms with Crippen LogP contribution in [0.1, 0.15) is 0 Å². The SMILES string of the molecule is O=C(O)N1CCN(c2cc(-c3nc(Nc4cnccn4)cc4ccccc34)ccn2)C(=O)C1. The second kappa shape index (κ2) is 8.50. The summed E-state index contributed by atoms with van der Waals surface area (Å²) in [7, 11) is 0. The molecule has 4 heterocycles. The number of benzene rings is 1. The lowest BCUT2D eigenvalue weighted by Gasteiger charge is -2.32. The Morgan fingerprint density at radius 3 is 2.67 bits per heavy atom. The molecule has 0 radical (unpaired) electrons. The van der Waals surface area contributed by atoms with Gasteiger partial charge in [-0.3, -0.25) is 19.6 Å². The van der Waals surface area contributed by atoms with E-state index >= 15 is 0 Å². The van der Waals surface area contributed by atoms with Crippen LogP contribution in [-0.4, -0.2) is 61.6 Å². The number of pyridine rings is 2. The second-order valence-electron chi connectivity index (χ2n) is 7.45. The fourth-order valence-corrected chi connectivity index (χ4v) is 3.77. The molecule has 0 saturated carbocycles. The van der Waals surface area contributed by atoms with Crippen LogP contribution in [0.15, 0.2) is 67.3 Å². The molecule has 0 aliphatic carbocycles. The number of carbonyl (C=O) groups excluding carboxylic acids is 1. The Morgan fingerprint density at radius 1 is 1.00 bits per heavy atom. The van der Waals surface area contributed by atoms with Crippen LogP contribution >= 0.6 is 0 Å². The molecule has 10 heteroatoms. The lowest BCUT2D eigenvalue weighted by Crippen LogP contribution is -2.52. The highest BCUT2D eigenvalue weighted by molar-refractivity contribution is 5.99. The third-order valence-corrected chi connectivity index (χ3v) is 5.35. The van der Waals surface area contributed by atoms with Crippen LogP contribution < -0.4 is 10.2 Å². The Hall–Kier alpha value is -4.60. The quantitative estimate of drug-likeness (QED) is 0.495. The number of fused-ring (bicyclic) bond motifs is 1. The average molecular weight is 441 g/mol. The second-order valence-corrected chi connectivity index (χ2v) is 7.45. The van der Waals surface area contributed by atoms with Crippen LogP contribution in [0.4, 0.5) is 22.2 Å². The Bertz CT molecular complexity index is 1350. The molecule has 1 aliphatic rings. The maximum Gasteiger partial charge on any atom is 0.407 e. The van der Waals surface area contributed by atoms with Crippen molar-refractivity contribution in [3.8, 4) is 11.3 Å². The van der Waals surface area contributed by atoms with Crippen molar-refractivity contribution in [1.29, 1.82) is 0 Å². The average Bonchev–Trinajstić information content (AvgIpc) is 2.84. The molecule has 1 fully saturated rings. The molecule has 2 N–H and O–H groups in total. The fraction of sp³-hybridized carbons (Fsp3) is 0.130. The number of amides is 2. The van der Waals surface area contributed by atoms with Gasteiger partial charge in [0.1, 0.15) is 24.0 Å². The summed E-state index contributed by atoms with van der Waals surface area (Å²) in [5.74, 6) is 1.32. The van der Waals surface area contributed by atoms with Gasteiger partial charge in [0, 0.05) is 42.6 Å². The highest BCUT2D eigenvalue weighted by Crippen LogP contribution is 2.31. The number of nitrogens with one attached hydrogen (secondary N) is 1. The van der Waals surface area contributed by atoms with Gasteiger partial charge in [-0.1, -0.05) is 24.3 Å². The summed E-state index contributed by atoms with van der Waals surface area (Å²) in [5.41, 5.74) is 1.51. The number of aromatic nitrogens is 4. The molecular formula is C23H19N7O3. The van der Waals surface area contributed by atoms with Gasteiger partial charge in [-0.05, 0) is 23.6 Å². The van der Waals surface area contributed by atoms with Gasteiger partial charge in [-0.15, -0.1) is 0 Å². The van der Waals surface area contributed by atoms with E-state index in [9.17, 15) is 9.59 Å². The van der Waals surface area contributed by atoms with Crippen molar-refractivity contribution >= 4 is 40.2 Å². The molecule has 0 spiro atoms. The zero-order chi connectivity index (χ0) is 22.8. The summed E-state index contributed by atoms with van der Waals surface area (Å²) in [6, 6.07) is 13.5. The molecule has 33 heavy (non-hydrogen) atoms. The normalized spacial score (nSPS) is 13.9. The van der Waals surface area contributed by atoms with Gasteiger partial charge in [0.05, 0.1) is 11.9 Å². The van der Waals surface area contributed by atoms with E-state index in [1.807, 2.05) is 36.4 Å². The van der Waals surface area contributed by atoms with Crippen LogP contribution in [0.25, 0.3) is 22.0 Å². The molecule has 10 nitrogen and oxygen atoms in total. The zero-order valence-corrected chi connectivity index (χ0v) is 17.4. The number of carboxylic acid groups (broad SMARTS) is 1. The molecule has 2 amide bonds. The summed E-state index contributed by atoms with van der Waals surface area (Å²) in [6.07, 6.45) is 5.33. The number of hydrogen-bond donors (Lipinski definition) is 2. The molecule has 4 aromatic rings. The third kappa shape index (κ3) is 4.13. The Morgan fingerprint density at radius 2 is 1.88 bits per heavy atom. The van der Waals surface area contributed by atoms with Gasteiger partial charge in [-0.25, -0.2) is 19.7 Å². The zero-order valence-electron chi connectivity index (χ0n) is 17.4. The van der Waals surface area contributed by atoms with Gasteiger partial charge in [0.25, 0.3) is 0 Å². The van der Waals surface area contributed by atoms with Crippen molar-refractivity contribution in [2.45, 2.75) is 0 Å². The fourth-order valence-electron chi connectivity index (χ4n) is 3.77. The van der Waals surface area contributed by atoms with E-state index in [2.05, 4.69) is 20.3 Å². The highest BCUT2D eigenvalue weighted by Gasteiger charge is 2.28. The van der Waals surface area contributed by atoms with Crippen molar-refractivity contribution in [2.75, 3.05) is 29.9 Å². The number of piperazine rings is 1. The molecule has 1 aromatic carbocycles. The number of carbonyl (C=O) groups is 2. The van der Waals surface area contributed by atoms with Gasteiger partial charge >= 0.3 is 6.09 Å². The van der Waals surface area contributed by atoms with Crippen molar-refractivity contribution in [2.24, 2.45) is 0 Å². The molecule has 3 aromatic heterocycles. The van der Waals surface area contributed by atoms with Gasteiger partial charge in [0.15, 0.2) is 0 Å². The maximum atomic E-state index is 12.6. The van der Waals surface area contributed by atoms with E-state index in [1.54, 1.807) is 30.9 Å². The van der Waals surface area contributed by atoms with Crippen molar-refractivity contribution < 1.29 is 14.7 Å². The topological polar surface area (TPSA) is 124 Å². The Balaban J connectivity index is 1.53. The largest absolute Gasteiger partial charge is 0.465 e. The van der Waals surface area contributed by atoms with Crippen LogP contribution in [0.5, 0.6) is 0 Å². The van der Waals surface area contributed by atoms with Crippen LogP contribution in [0, 0.1) is 0 Å². The Labute approximate surface area is 188 Å². The first kappa shape index (κ1) is 20.3. The smallest absolute Gasteiger partial charge is 0.407 e. The van der Waals surface area contributed by atoms with Crippen LogP contribution in [0.3, 0.4) is 0 Å². The minimum absolute atomic E-state index is 0.195. The van der Waals surface area contributed by atoms with E-state index in [-0.39, 0.29) is 25.5 Å². The molecule has 1 saturated heterocycles. The summed E-state index contributed by atoms with van der Waals surface area (Å²) >= 11 is 0. The molecule has 1 aliphatic heterocycles. The summed E-state index contributed by atoms with van der Waals surface area (Å²) in [5, 5.41) is 14.3. The first-order valence-corrected chi connectivity index (χ1v) is 10.3. The predicted octanol–water partition coefficient (Wildman–Crippen LogP) is 3.16. The standard InChI is InChI=1S/C23H19N7O3/c31-21-14-29(23(32)33)9-10-30(21)20-12-16(5-6-26-20)22-17-4-2-1-3-15(17)11-18(28-22)27-19-13-24-7-8-25-19/h1-8,11-13H,9-10,14H2,(H,32,33)(H,25,27,28). The minimum atomic E-state index is -1.10. The summed E-state index contributed by atoms with van der Waals surface area (Å²) in [6.45, 7) is 0.273. The summed E-state index contributed by atoms with van der Waals surface area (Å²) < 4.78 is 0. The molecule has 0 atom stereocenters. The minimum Gasteiger partial charge on any atom is -0.465 e. The molecule has 0 unspecified atom stereocenters. The predicted molar refractivity (Wildman–Crippen MR) is 122 cm³/mol. The van der Waals surface area contributed by atoms with E-state index in [4.69, 9.17) is 10.1 Å². The van der Waals surface area contributed by atoms with E-state index in [1.165, 1.54) is 4.90 Å². The first-order chi connectivity index (χ1) is 16.1. The van der Waals surface area contributed by atoms with E-state index in [0.29, 0.717) is 17.5 Å². The third-order valence-electron chi connectivity index (χ3n) is 5.35. The van der Waals surface area contributed by atoms with Crippen molar-refractivity contribution in [3.63, 3.8) is 0 Å². The van der Waals surface area contributed by atoms with Crippen LogP contribution in [0.2, 0.25) is 0 Å². The summed E-state index contributed by atoms with van der Waals surface area (Å²) in [4.78, 5) is 43.8. The number of rotatable bonds is 4. The van der Waals surface area contributed by atoms with Gasteiger partial charge in [-0.2, -0.15) is 0 Å². The van der Waals surface area contributed by atoms with Crippen molar-refractivity contribution in [1.82, 2.24) is 24.8 Å². The molecule has 5 rings (SSSR count). The molecular weight excluding hydrogens is 422 g/mol. The lowest BCUT2D eigenvalue weighted by atomic mass is 10.0. The number of nitrogens with zero attached hydrogens (tertiary/aromatic N) is 6. The molecule has 164 valence electrons. The van der Waals surface area contributed by atoms with E-state index < -0.39 is 6.09 Å². The number of hydrogen-bond acceptors (Lipinski definition) is 7. The molecule has 0 bridgehead atoms. The van der Waals surface area contributed by atoms with E-state index in [0.717, 1.165) is 26.9 Å². The number of anilines is 3. The monoisotopic (exact) mass is 441 g/mol. The maximum absolute atomic E-state index is 12.6. The lowest BCUT2D eigenvalue weighted by molar-refractivity contribution is -0.120.